The van der Waals surface area contributed by atoms with Crippen LogP contribution in [0.2, 0.25) is 0 Å². The summed E-state index contributed by atoms with van der Waals surface area (Å²) < 4.78 is 5.02. The molecule has 0 radical (unpaired) electrons. The minimum absolute atomic E-state index is 0.0165. The third-order valence-electron chi connectivity index (χ3n) is 2.49. The number of aliphatic carboxylic acids is 1. The molecule has 0 saturated heterocycles. The molecule has 0 rings (SSSR count). The Morgan fingerprint density at radius 3 is 2.47 bits per heavy atom. The van der Waals surface area contributed by atoms with Gasteiger partial charge in [0.2, 0.25) is 0 Å². The van der Waals surface area contributed by atoms with Crippen LogP contribution in [0.1, 0.15) is 52.4 Å². The van der Waals surface area contributed by atoms with Gasteiger partial charge in [-0.2, -0.15) is 0 Å². The molecule has 0 amide bonds. The second-order valence-electron chi connectivity index (χ2n) is 4.21. The maximum atomic E-state index is 11.3. The number of aliphatic hydroxyl groups excluding tert-OH is 1. The maximum absolute atomic E-state index is 11.3. The van der Waals surface area contributed by atoms with Crippen molar-refractivity contribution in [2.24, 2.45) is 0 Å². The molecule has 0 fully saturated rings. The number of carbonyl (C=O) groups is 2. The van der Waals surface area contributed by atoms with Crippen LogP contribution in [-0.4, -0.2) is 34.4 Å². The highest BCUT2D eigenvalue weighted by Crippen LogP contribution is 2.08. The van der Waals surface area contributed by atoms with Crippen molar-refractivity contribution < 1.29 is 24.5 Å². The Kier molecular flexibility index (Phi) is 8.40. The number of carboxylic acids is 1. The lowest BCUT2D eigenvalue weighted by atomic mass is 10.1. The van der Waals surface area contributed by atoms with Crippen LogP contribution in [0, 0.1) is 0 Å². The first-order valence-corrected chi connectivity index (χ1v) is 6.05. The highest BCUT2D eigenvalue weighted by molar-refractivity contribution is 5.70. The first-order chi connectivity index (χ1) is 7.95. The predicted molar refractivity (Wildman–Crippen MR) is 62.6 cm³/mol. The smallest absolute Gasteiger partial charge is 0.308 e. The molecule has 100 valence electrons. The number of aliphatic hydroxyl groups is 1. The third-order valence-corrected chi connectivity index (χ3v) is 2.49. The molecule has 2 unspecified atom stereocenters. The molecule has 0 aliphatic heterocycles. The molecule has 0 bridgehead atoms. The molecule has 2 atom stereocenters. The topological polar surface area (TPSA) is 83.8 Å². The Balaban J connectivity index is 3.60. The first kappa shape index (κ1) is 15.9. The summed E-state index contributed by atoms with van der Waals surface area (Å²) in [7, 11) is 0. The Morgan fingerprint density at radius 1 is 1.29 bits per heavy atom. The Bertz CT molecular complexity index is 239. The molecular formula is C12H22O5. The van der Waals surface area contributed by atoms with Crippen molar-refractivity contribution in [3.05, 3.63) is 0 Å². The SMILES string of the molecule is CCC(C)OC(=O)CC(O)CCCCC(=O)O. The molecule has 0 saturated carbocycles. The molecule has 5 heteroatoms. The van der Waals surface area contributed by atoms with Gasteiger partial charge in [-0.1, -0.05) is 13.3 Å². The van der Waals surface area contributed by atoms with E-state index in [1.165, 1.54) is 0 Å². The number of rotatable bonds is 9. The highest BCUT2D eigenvalue weighted by atomic mass is 16.5. The monoisotopic (exact) mass is 246 g/mol. The van der Waals surface area contributed by atoms with Crippen LogP contribution >= 0.6 is 0 Å². The average Bonchev–Trinajstić information content (AvgIpc) is 2.23. The summed E-state index contributed by atoms with van der Waals surface area (Å²) in [4.78, 5) is 21.5. The fourth-order valence-electron chi connectivity index (χ4n) is 1.31. The van der Waals surface area contributed by atoms with E-state index in [0.717, 1.165) is 6.42 Å². The molecule has 5 nitrogen and oxygen atoms in total. The van der Waals surface area contributed by atoms with Gasteiger partial charge in [-0.15, -0.1) is 0 Å². The van der Waals surface area contributed by atoms with Crippen molar-refractivity contribution in [1.82, 2.24) is 0 Å². The number of unbranched alkanes of at least 4 members (excludes halogenated alkanes) is 1. The van der Waals surface area contributed by atoms with Gasteiger partial charge in [0, 0.05) is 6.42 Å². The van der Waals surface area contributed by atoms with E-state index in [-0.39, 0.29) is 18.9 Å². The van der Waals surface area contributed by atoms with Crippen LogP contribution in [0.15, 0.2) is 0 Å². The van der Waals surface area contributed by atoms with Crippen molar-refractivity contribution in [3.63, 3.8) is 0 Å². The second-order valence-corrected chi connectivity index (χ2v) is 4.21. The summed E-state index contributed by atoms with van der Waals surface area (Å²) >= 11 is 0. The lowest BCUT2D eigenvalue weighted by Gasteiger charge is -2.13. The molecule has 0 aromatic rings. The summed E-state index contributed by atoms with van der Waals surface area (Å²) in [5.74, 6) is -1.24. The zero-order chi connectivity index (χ0) is 13.3. The second kappa shape index (κ2) is 8.98. The summed E-state index contributed by atoms with van der Waals surface area (Å²) in [6, 6.07) is 0. The molecule has 0 heterocycles. The summed E-state index contributed by atoms with van der Waals surface area (Å²) in [6.45, 7) is 3.72. The zero-order valence-corrected chi connectivity index (χ0v) is 10.5. The first-order valence-electron chi connectivity index (χ1n) is 6.05. The number of hydrogen-bond donors (Lipinski definition) is 2. The van der Waals surface area contributed by atoms with Crippen molar-refractivity contribution >= 4 is 11.9 Å². The minimum atomic E-state index is -0.837. The van der Waals surface area contributed by atoms with Crippen LogP contribution in [0.5, 0.6) is 0 Å². The zero-order valence-electron chi connectivity index (χ0n) is 10.5. The average molecular weight is 246 g/mol. The van der Waals surface area contributed by atoms with Gasteiger partial charge in [-0.05, 0) is 26.2 Å². The fraction of sp³-hybridized carbons (Fsp3) is 0.833. The van der Waals surface area contributed by atoms with E-state index in [1.54, 1.807) is 6.92 Å². The molecule has 0 aliphatic rings. The summed E-state index contributed by atoms with van der Waals surface area (Å²) in [5, 5.41) is 17.9. The van der Waals surface area contributed by atoms with Gasteiger partial charge >= 0.3 is 11.9 Å². The predicted octanol–water partition coefficient (Wildman–Crippen LogP) is 1.72. The molecule has 2 N–H and O–H groups in total. The van der Waals surface area contributed by atoms with Gasteiger partial charge in [0.05, 0.1) is 18.6 Å². The largest absolute Gasteiger partial charge is 0.481 e. The van der Waals surface area contributed by atoms with Gasteiger partial charge in [0.1, 0.15) is 0 Å². The number of ether oxygens (including phenoxy) is 1. The standard InChI is InChI=1S/C12H22O5/c1-3-9(2)17-12(16)8-10(13)6-4-5-7-11(14)15/h9-10,13H,3-8H2,1-2H3,(H,14,15). The summed E-state index contributed by atoms with van der Waals surface area (Å²) in [5.41, 5.74) is 0. The van der Waals surface area contributed by atoms with Crippen LogP contribution in [0.4, 0.5) is 0 Å². The molecular weight excluding hydrogens is 224 g/mol. The Hall–Kier alpha value is -1.10. The van der Waals surface area contributed by atoms with Gasteiger partial charge in [-0.3, -0.25) is 9.59 Å². The lowest BCUT2D eigenvalue weighted by molar-refractivity contribution is -0.150. The maximum Gasteiger partial charge on any atom is 0.308 e. The molecule has 0 aliphatic carbocycles. The van der Waals surface area contributed by atoms with Crippen molar-refractivity contribution in [1.29, 1.82) is 0 Å². The van der Waals surface area contributed by atoms with Crippen LogP contribution in [0.25, 0.3) is 0 Å². The van der Waals surface area contributed by atoms with E-state index in [1.807, 2.05) is 6.92 Å². The number of carbonyl (C=O) groups excluding carboxylic acids is 1. The van der Waals surface area contributed by atoms with E-state index in [2.05, 4.69) is 0 Å². The fourth-order valence-corrected chi connectivity index (χ4v) is 1.31. The van der Waals surface area contributed by atoms with Crippen molar-refractivity contribution in [2.45, 2.75) is 64.6 Å². The van der Waals surface area contributed by atoms with Crippen molar-refractivity contribution in [3.8, 4) is 0 Å². The Morgan fingerprint density at radius 2 is 1.94 bits per heavy atom. The van der Waals surface area contributed by atoms with E-state index in [4.69, 9.17) is 9.84 Å². The number of hydrogen-bond acceptors (Lipinski definition) is 4. The van der Waals surface area contributed by atoms with Crippen molar-refractivity contribution in [2.75, 3.05) is 0 Å². The van der Waals surface area contributed by atoms with Crippen LogP contribution in [0.3, 0.4) is 0 Å². The van der Waals surface area contributed by atoms with Gasteiger partial charge in [0.15, 0.2) is 0 Å². The van der Waals surface area contributed by atoms with E-state index < -0.39 is 18.0 Å². The van der Waals surface area contributed by atoms with E-state index in [0.29, 0.717) is 19.3 Å². The van der Waals surface area contributed by atoms with Gasteiger partial charge in [0.25, 0.3) is 0 Å². The van der Waals surface area contributed by atoms with Crippen LogP contribution in [-0.2, 0) is 14.3 Å². The third kappa shape index (κ3) is 9.81. The molecule has 0 spiro atoms. The van der Waals surface area contributed by atoms with Gasteiger partial charge in [-0.25, -0.2) is 0 Å². The quantitative estimate of drug-likeness (QED) is 0.478. The molecule has 17 heavy (non-hydrogen) atoms. The normalized spacial score (nSPS) is 14.1. The number of esters is 1. The van der Waals surface area contributed by atoms with Gasteiger partial charge < -0.3 is 14.9 Å². The lowest BCUT2D eigenvalue weighted by Crippen LogP contribution is -2.19. The molecule has 0 aromatic carbocycles. The summed E-state index contributed by atoms with van der Waals surface area (Å²) in [6.07, 6.45) is 1.53. The minimum Gasteiger partial charge on any atom is -0.481 e. The Labute approximate surface area is 102 Å². The number of carboxylic acid groups (broad SMARTS) is 1. The highest BCUT2D eigenvalue weighted by Gasteiger charge is 2.14. The van der Waals surface area contributed by atoms with Crippen LogP contribution < -0.4 is 0 Å². The van der Waals surface area contributed by atoms with E-state index in [9.17, 15) is 14.7 Å². The van der Waals surface area contributed by atoms with E-state index >= 15 is 0 Å². The molecule has 0 aromatic heterocycles.